The van der Waals surface area contributed by atoms with Gasteiger partial charge in [0, 0.05) is 29.8 Å². The maximum atomic E-state index is 10.8. The maximum Gasteiger partial charge on any atom is 0.0695 e. The molecule has 3 nitrogen and oxygen atoms in total. The predicted octanol–water partition coefficient (Wildman–Crippen LogP) is 3.04. The normalized spacial score (nSPS) is 21.8. The number of halogens is 1. The van der Waals surface area contributed by atoms with Crippen LogP contribution < -0.4 is 0 Å². The molecule has 0 bridgehead atoms. The van der Waals surface area contributed by atoms with Gasteiger partial charge < -0.3 is 5.11 Å². The van der Waals surface area contributed by atoms with Crippen molar-refractivity contribution in [3.63, 3.8) is 0 Å². The number of aromatic nitrogens is 2. The van der Waals surface area contributed by atoms with E-state index in [0.717, 1.165) is 36.6 Å². The molecule has 0 radical (unpaired) electrons. The first-order valence-electron chi connectivity index (χ1n) is 7.02. The first-order chi connectivity index (χ1) is 9.56. The minimum atomic E-state index is -0.578. The summed E-state index contributed by atoms with van der Waals surface area (Å²) in [5.74, 6) is 0. The summed E-state index contributed by atoms with van der Waals surface area (Å²) < 4.78 is 3.01. The van der Waals surface area contributed by atoms with Crippen LogP contribution in [-0.2, 0) is 26.3 Å². The molecule has 1 aromatic heterocycles. The van der Waals surface area contributed by atoms with Gasteiger partial charge in [0.25, 0.3) is 0 Å². The van der Waals surface area contributed by atoms with E-state index in [2.05, 4.69) is 39.2 Å². The molecule has 1 heterocycles. The number of nitrogens with zero attached hydrogens (tertiary/aromatic N) is 2. The molecule has 0 saturated carbocycles. The Morgan fingerprint density at radius 3 is 2.95 bits per heavy atom. The van der Waals surface area contributed by atoms with Crippen LogP contribution in [0.3, 0.4) is 0 Å². The summed E-state index contributed by atoms with van der Waals surface area (Å²) in [7, 11) is 1.95. The molecule has 4 heteroatoms. The van der Waals surface area contributed by atoms with Crippen molar-refractivity contribution in [1.29, 1.82) is 0 Å². The summed E-state index contributed by atoms with van der Waals surface area (Å²) in [4.78, 5) is 0. The van der Waals surface area contributed by atoms with Crippen LogP contribution in [0.2, 0.25) is 0 Å². The Morgan fingerprint density at radius 1 is 1.35 bits per heavy atom. The van der Waals surface area contributed by atoms with Gasteiger partial charge in [-0.2, -0.15) is 5.10 Å². The van der Waals surface area contributed by atoms with Crippen molar-refractivity contribution >= 4 is 15.9 Å². The quantitative estimate of drug-likeness (QED) is 0.936. The average molecular weight is 335 g/mol. The molecule has 0 spiro atoms. The van der Waals surface area contributed by atoms with Crippen molar-refractivity contribution < 1.29 is 5.11 Å². The zero-order chi connectivity index (χ0) is 14.2. The second kappa shape index (κ2) is 5.34. The number of hydrogen-bond donors (Lipinski definition) is 1. The summed E-state index contributed by atoms with van der Waals surface area (Å²) in [5, 5.41) is 15.0. The highest BCUT2D eigenvalue weighted by Crippen LogP contribution is 2.33. The lowest BCUT2D eigenvalue weighted by molar-refractivity contribution is 0.0178. The molecule has 1 aromatic carbocycles. The second-order valence-electron chi connectivity index (χ2n) is 5.76. The second-order valence-corrected chi connectivity index (χ2v) is 6.68. The molecule has 3 rings (SSSR count). The molecule has 0 aliphatic heterocycles. The van der Waals surface area contributed by atoms with Crippen molar-refractivity contribution in [2.45, 2.75) is 37.7 Å². The van der Waals surface area contributed by atoms with E-state index in [1.54, 1.807) is 0 Å². The molecule has 0 amide bonds. The fourth-order valence-corrected chi connectivity index (χ4v) is 3.44. The number of aryl methyl sites for hydroxylation is 3. The number of aliphatic hydroxyl groups is 1. The van der Waals surface area contributed by atoms with Gasteiger partial charge in [-0.1, -0.05) is 22.0 Å². The Labute approximate surface area is 127 Å². The van der Waals surface area contributed by atoms with Crippen molar-refractivity contribution in [2.75, 3.05) is 0 Å². The molecule has 1 atom stereocenters. The highest BCUT2D eigenvalue weighted by atomic mass is 79.9. The van der Waals surface area contributed by atoms with Gasteiger partial charge >= 0.3 is 0 Å². The van der Waals surface area contributed by atoms with E-state index in [4.69, 9.17) is 0 Å². The fraction of sp³-hybridized carbons (Fsp3) is 0.438. The van der Waals surface area contributed by atoms with E-state index >= 15 is 0 Å². The molecule has 1 unspecified atom stereocenters. The summed E-state index contributed by atoms with van der Waals surface area (Å²) in [6.07, 6.45) is 6.03. The number of benzene rings is 1. The summed E-state index contributed by atoms with van der Waals surface area (Å²) in [5.41, 5.74) is 3.25. The van der Waals surface area contributed by atoms with Gasteiger partial charge in [0.2, 0.25) is 0 Å². The van der Waals surface area contributed by atoms with E-state index in [9.17, 15) is 5.11 Å². The molecule has 106 valence electrons. The number of hydrogen-bond acceptors (Lipinski definition) is 2. The molecule has 1 N–H and O–H groups in total. The average Bonchev–Trinajstić information content (AvgIpc) is 2.83. The van der Waals surface area contributed by atoms with Gasteiger partial charge in [-0.25, -0.2) is 0 Å². The summed E-state index contributed by atoms with van der Waals surface area (Å²) in [6.45, 7) is 0. The molecule has 2 aromatic rings. The third-order valence-corrected chi connectivity index (χ3v) is 4.81. The fourth-order valence-electron chi connectivity index (χ4n) is 3.03. The lowest BCUT2D eigenvalue weighted by atomic mass is 9.78. The van der Waals surface area contributed by atoms with Crippen LogP contribution >= 0.6 is 15.9 Å². The Hall–Kier alpha value is -1.13. The molecule has 1 aliphatic carbocycles. The lowest BCUT2D eigenvalue weighted by Crippen LogP contribution is -2.36. The summed E-state index contributed by atoms with van der Waals surface area (Å²) in [6, 6.07) is 8.40. The lowest BCUT2D eigenvalue weighted by Gasteiger charge is -2.33. The Balaban J connectivity index is 1.71. The van der Waals surface area contributed by atoms with Crippen LogP contribution in [0.5, 0.6) is 0 Å². The standard InChI is InChI=1S/C16H19BrN2O/c1-19-15(6-9-18-19)5-8-16(20)7-4-12-10-14(17)3-2-13(12)11-16/h2-3,6,9-10,20H,4-5,7-8,11H2,1H3. The molecule has 1 aliphatic rings. The smallest absolute Gasteiger partial charge is 0.0695 e. The van der Waals surface area contributed by atoms with Gasteiger partial charge in [0.15, 0.2) is 0 Å². The van der Waals surface area contributed by atoms with Crippen molar-refractivity contribution in [3.8, 4) is 0 Å². The van der Waals surface area contributed by atoms with E-state index in [1.807, 2.05) is 24.0 Å². The van der Waals surface area contributed by atoms with Gasteiger partial charge in [-0.15, -0.1) is 0 Å². The van der Waals surface area contributed by atoms with Gasteiger partial charge in [0.1, 0.15) is 0 Å². The van der Waals surface area contributed by atoms with Gasteiger partial charge in [-0.3, -0.25) is 4.68 Å². The highest BCUT2D eigenvalue weighted by Gasteiger charge is 2.31. The Bertz CT molecular complexity index is 623. The van der Waals surface area contributed by atoms with E-state index < -0.39 is 5.60 Å². The van der Waals surface area contributed by atoms with Gasteiger partial charge in [-0.05, 0) is 55.0 Å². The monoisotopic (exact) mass is 334 g/mol. The van der Waals surface area contributed by atoms with Gasteiger partial charge in [0.05, 0.1) is 5.60 Å². The van der Waals surface area contributed by atoms with E-state index in [1.165, 1.54) is 16.8 Å². The minimum absolute atomic E-state index is 0.578. The zero-order valence-electron chi connectivity index (χ0n) is 11.6. The third kappa shape index (κ3) is 2.81. The highest BCUT2D eigenvalue weighted by molar-refractivity contribution is 9.10. The molecule has 0 saturated heterocycles. The Morgan fingerprint density at radius 2 is 2.20 bits per heavy atom. The Kier molecular flexibility index (Phi) is 3.69. The first kappa shape index (κ1) is 13.8. The number of fused-ring (bicyclic) bond motifs is 1. The van der Waals surface area contributed by atoms with Crippen molar-refractivity contribution in [2.24, 2.45) is 7.05 Å². The molecule has 0 fully saturated rings. The largest absolute Gasteiger partial charge is 0.390 e. The minimum Gasteiger partial charge on any atom is -0.390 e. The van der Waals surface area contributed by atoms with Crippen molar-refractivity contribution in [3.05, 3.63) is 51.8 Å². The SMILES string of the molecule is Cn1nccc1CCC1(O)CCc2cc(Br)ccc2C1. The topological polar surface area (TPSA) is 38.0 Å². The van der Waals surface area contributed by atoms with Crippen molar-refractivity contribution in [1.82, 2.24) is 9.78 Å². The number of rotatable bonds is 3. The third-order valence-electron chi connectivity index (χ3n) is 4.32. The van der Waals surface area contributed by atoms with Crippen LogP contribution in [0.15, 0.2) is 34.9 Å². The van der Waals surface area contributed by atoms with E-state index in [-0.39, 0.29) is 0 Å². The molecular weight excluding hydrogens is 316 g/mol. The molecule has 20 heavy (non-hydrogen) atoms. The van der Waals surface area contributed by atoms with Crippen LogP contribution in [-0.4, -0.2) is 20.5 Å². The predicted molar refractivity (Wildman–Crippen MR) is 82.6 cm³/mol. The summed E-state index contributed by atoms with van der Waals surface area (Å²) >= 11 is 3.51. The zero-order valence-corrected chi connectivity index (χ0v) is 13.2. The van der Waals surface area contributed by atoms with E-state index in [0.29, 0.717) is 0 Å². The first-order valence-corrected chi connectivity index (χ1v) is 7.82. The van der Waals surface area contributed by atoms with Crippen LogP contribution in [0.1, 0.15) is 29.7 Å². The van der Waals surface area contributed by atoms with Crippen LogP contribution in [0.25, 0.3) is 0 Å². The van der Waals surface area contributed by atoms with Crippen LogP contribution in [0.4, 0.5) is 0 Å². The maximum absolute atomic E-state index is 10.8. The van der Waals surface area contributed by atoms with Crippen LogP contribution in [0, 0.1) is 0 Å². The molecular formula is C16H19BrN2O.